The number of benzene rings is 1. The van der Waals surface area contributed by atoms with Gasteiger partial charge in [0.1, 0.15) is 6.61 Å². The summed E-state index contributed by atoms with van der Waals surface area (Å²) >= 11 is 0. The summed E-state index contributed by atoms with van der Waals surface area (Å²) in [6.45, 7) is 2.43. The van der Waals surface area contributed by atoms with Crippen LogP contribution in [0.5, 0.6) is 0 Å². The van der Waals surface area contributed by atoms with Crippen LogP contribution in [-0.2, 0) is 9.53 Å². The van der Waals surface area contributed by atoms with Gasteiger partial charge in [0.25, 0.3) is 0 Å². The molecule has 0 unspecified atom stereocenters. The molecule has 5 nitrogen and oxygen atoms in total. The van der Waals surface area contributed by atoms with Crippen molar-refractivity contribution < 1.29 is 9.53 Å². The number of anilines is 1. The Hall–Kier alpha value is -2.14. The van der Waals surface area contributed by atoms with Gasteiger partial charge in [-0.15, -0.1) is 0 Å². The molecule has 0 saturated carbocycles. The molecule has 1 N–H and O–H groups in total. The minimum Gasteiger partial charge on any atom is -0.372 e. The van der Waals surface area contributed by atoms with E-state index in [1.54, 1.807) is 17.1 Å². The van der Waals surface area contributed by atoms with Gasteiger partial charge < -0.3 is 10.1 Å². The zero-order chi connectivity index (χ0) is 12.8. The van der Waals surface area contributed by atoms with Gasteiger partial charge in [0.15, 0.2) is 0 Å². The monoisotopic (exact) mass is 245 g/mol. The van der Waals surface area contributed by atoms with E-state index >= 15 is 0 Å². The molecule has 0 aliphatic carbocycles. The van der Waals surface area contributed by atoms with Crippen molar-refractivity contribution >= 4 is 11.6 Å². The van der Waals surface area contributed by atoms with Gasteiger partial charge in [-0.25, -0.2) is 4.68 Å². The van der Waals surface area contributed by atoms with Gasteiger partial charge in [0, 0.05) is 6.61 Å². The van der Waals surface area contributed by atoms with Gasteiger partial charge >= 0.3 is 0 Å². The first-order chi connectivity index (χ1) is 8.79. The molecule has 1 aromatic heterocycles. The number of aromatic nitrogens is 2. The van der Waals surface area contributed by atoms with E-state index in [0.717, 1.165) is 5.69 Å². The lowest BCUT2D eigenvalue weighted by atomic mass is 10.3. The molecule has 2 aromatic rings. The van der Waals surface area contributed by atoms with E-state index < -0.39 is 0 Å². The Balaban J connectivity index is 2.00. The topological polar surface area (TPSA) is 56.1 Å². The SMILES string of the molecule is CCOCC(=O)Nc1cnn(-c2ccccc2)c1. The normalized spacial score (nSPS) is 10.3. The molecule has 1 heterocycles. The lowest BCUT2D eigenvalue weighted by molar-refractivity contribution is -0.120. The maximum atomic E-state index is 11.4. The van der Waals surface area contributed by atoms with Crippen LogP contribution in [0.3, 0.4) is 0 Å². The Morgan fingerprint density at radius 3 is 2.89 bits per heavy atom. The number of para-hydroxylation sites is 1. The minimum absolute atomic E-state index is 0.0625. The van der Waals surface area contributed by atoms with Crippen molar-refractivity contribution in [2.45, 2.75) is 6.92 Å². The fourth-order valence-electron chi connectivity index (χ4n) is 1.50. The fraction of sp³-hybridized carbons (Fsp3) is 0.231. The standard InChI is InChI=1S/C13H15N3O2/c1-2-18-10-13(17)15-11-8-14-16(9-11)12-6-4-3-5-7-12/h3-9H,2,10H2,1H3,(H,15,17). The van der Waals surface area contributed by atoms with E-state index in [4.69, 9.17) is 4.74 Å². The quantitative estimate of drug-likeness (QED) is 0.874. The number of nitrogens with zero attached hydrogens (tertiary/aromatic N) is 2. The zero-order valence-corrected chi connectivity index (χ0v) is 10.2. The Morgan fingerprint density at radius 2 is 2.17 bits per heavy atom. The molecule has 1 aromatic carbocycles. The molecular formula is C13H15N3O2. The zero-order valence-electron chi connectivity index (χ0n) is 10.2. The van der Waals surface area contributed by atoms with E-state index in [2.05, 4.69) is 10.4 Å². The average molecular weight is 245 g/mol. The lowest BCUT2D eigenvalue weighted by Gasteiger charge is -2.02. The van der Waals surface area contributed by atoms with E-state index in [-0.39, 0.29) is 12.5 Å². The second kappa shape index (κ2) is 5.97. The van der Waals surface area contributed by atoms with Crippen molar-refractivity contribution in [1.29, 1.82) is 0 Å². The molecule has 18 heavy (non-hydrogen) atoms. The summed E-state index contributed by atoms with van der Waals surface area (Å²) in [7, 11) is 0. The lowest BCUT2D eigenvalue weighted by Crippen LogP contribution is -2.17. The van der Waals surface area contributed by atoms with Gasteiger partial charge in [0.2, 0.25) is 5.91 Å². The van der Waals surface area contributed by atoms with Crippen molar-refractivity contribution in [2.24, 2.45) is 0 Å². The van der Waals surface area contributed by atoms with Gasteiger partial charge in [-0.3, -0.25) is 4.79 Å². The van der Waals surface area contributed by atoms with Gasteiger partial charge in [-0.05, 0) is 19.1 Å². The molecule has 0 fully saturated rings. The van der Waals surface area contributed by atoms with Crippen molar-refractivity contribution in [1.82, 2.24) is 9.78 Å². The third kappa shape index (κ3) is 3.18. The Labute approximate surface area is 105 Å². The van der Waals surface area contributed by atoms with Crippen LogP contribution in [-0.4, -0.2) is 28.9 Å². The number of carbonyl (C=O) groups excluding carboxylic acids is 1. The molecular weight excluding hydrogens is 230 g/mol. The molecule has 0 aliphatic heterocycles. The van der Waals surface area contributed by atoms with Crippen LogP contribution in [0.4, 0.5) is 5.69 Å². The molecule has 0 bridgehead atoms. The highest BCUT2D eigenvalue weighted by atomic mass is 16.5. The number of nitrogens with one attached hydrogen (secondary N) is 1. The van der Waals surface area contributed by atoms with E-state index in [1.165, 1.54) is 0 Å². The van der Waals surface area contributed by atoms with E-state index in [0.29, 0.717) is 12.3 Å². The summed E-state index contributed by atoms with van der Waals surface area (Å²) in [5.74, 6) is -0.176. The van der Waals surface area contributed by atoms with Crippen molar-refractivity contribution in [2.75, 3.05) is 18.5 Å². The van der Waals surface area contributed by atoms with E-state index in [9.17, 15) is 4.79 Å². The average Bonchev–Trinajstić information content (AvgIpc) is 2.86. The van der Waals surface area contributed by atoms with Gasteiger partial charge in [0.05, 0.1) is 23.8 Å². The first-order valence-corrected chi connectivity index (χ1v) is 5.77. The summed E-state index contributed by atoms with van der Waals surface area (Å²) in [4.78, 5) is 11.4. The summed E-state index contributed by atoms with van der Waals surface area (Å²) in [6.07, 6.45) is 3.37. The van der Waals surface area contributed by atoms with Gasteiger partial charge in [-0.1, -0.05) is 18.2 Å². The first-order valence-electron chi connectivity index (χ1n) is 5.77. The summed E-state index contributed by atoms with van der Waals surface area (Å²) in [5, 5.41) is 6.90. The highest BCUT2D eigenvalue weighted by Gasteiger charge is 2.04. The van der Waals surface area contributed by atoms with Crippen LogP contribution in [0.1, 0.15) is 6.92 Å². The minimum atomic E-state index is -0.176. The molecule has 1 amide bonds. The summed E-state index contributed by atoms with van der Waals surface area (Å²) in [6, 6.07) is 9.70. The Kier molecular flexibility index (Phi) is 4.09. The highest BCUT2D eigenvalue weighted by molar-refractivity contribution is 5.91. The number of ether oxygens (including phenoxy) is 1. The Bertz CT molecular complexity index is 508. The third-order valence-electron chi connectivity index (χ3n) is 2.32. The highest BCUT2D eigenvalue weighted by Crippen LogP contribution is 2.10. The van der Waals surface area contributed by atoms with E-state index in [1.807, 2.05) is 37.3 Å². The Morgan fingerprint density at radius 1 is 1.39 bits per heavy atom. The number of amides is 1. The van der Waals surface area contributed by atoms with Gasteiger partial charge in [-0.2, -0.15) is 5.10 Å². The number of carbonyl (C=O) groups is 1. The largest absolute Gasteiger partial charge is 0.372 e. The molecule has 2 rings (SSSR count). The molecule has 0 spiro atoms. The van der Waals surface area contributed by atoms with Crippen LogP contribution < -0.4 is 5.32 Å². The molecule has 5 heteroatoms. The smallest absolute Gasteiger partial charge is 0.250 e. The van der Waals surface area contributed by atoms with Crippen LogP contribution in [0.25, 0.3) is 5.69 Å². The summed E-state index contributed by atoms with van der Waals surface area (Å²) in [5.41, 5.74) is 1.60. The molecule has 94 valence electrons. The van der Waals surface area contributed by atoms with Crippen LogP contribution in [0.2, 0.25) is 0 Å². The third-order valence-corrected chi connectivity index (χ3v) is 2.32. The molecule has 0 radical (unpaired) electrons. The maximum absolute atomic E-state index is 11.4. The predicted molar refractivity (Wildman–Crippen MR) is 68.7 cm³/mol. The molecule has 0 saturated heterocycles. The second-order valence-electron chi connectivity index (χ2n) is 3.69. The number of rotatable bonds is 5. The van der Waals surface area contributed by atoms with Crippen LogP contribution >= 0.6 is 0 Å². The number of hydrogen-bond acceptors (Lipinski definition) is 3. The second-order valence-corrected chi connectivity index (χ2v) is 3.69. The molecule has 0 atom stereocenters. The summed E-state index contributed by atoms with van der Waals surface area (Å²) < 4.78 is 6.72. The maximum Gasteiger partial charge on any atom is 0.250 e. The van der Waals surface area contributed by atoms with Crippen LogP contribution in [0.15, 0.2) is 42.7 Å². The van der Waals surface area contributed by atoms with Crippen molar-refractivity contribution in [3.8, 4) is 5.69 Å². The van der Waals surface area contributed by atoms with Crippen molar-refractivity contribution in [3.05, 3.63) is 42.7 Å². The number of hydrogen-bond donors (Lipinski definition) is 1. The predicted octanol–water partition coefficient (Wildman–Crippen LogP) is 1.85. The van der Waals surface area contributed by atoms with Crippen LogP contribution in [0, 0.1) is 0 Å². The van der Waals surface area contributed by atoms with Crippen molar-refractivity contribution in [3.63, 3.8) is 0 Å². The molecule has 0 aliphatic rings. The first kappa shape index (κ1) is 12.3. The fourth-order valence-corrected chi connectivity index (χ4v) is 1.50.